The molecule has 1 fully saturated rings. The molecule has 1 saturated carbocycles. The topological polar surface area (TPSA) is 9.23 Å². The third-order valence-corrected chi connectivity index (χ3v) is 4.98. The molecule has 1 aliphatic carbocycles. The lowest BCUT2D eigenvalue weighted by molar-refractivity contribution is 0.441. The van der Waals surface area contributed by atoms with Gasteiger partial charge in [0.1, 0.15) is 17.4 Å². The van der Waals surface area contributed by atoms with Crippen molar-refractivity contribution in [2.75, 3.05) is 0 Å². The molecule has 0 radical (unpaired) electrons. The van der Waals surface area contributed by atoms with Crippen LogP contribution < -0.4 is 4.74 Å². The van der Waals surface area contributed by atoms with Crippen molar-refractivity contribution in [3.63, 3.8) is 0 Å². The largest absolute Gasteiger partial charge is 0.454 e. The fourth-order valence-corrected chi connectivity index (χ4v) is 3.33. The lowest BCUT2D eigenvalue weighted by Gasteiger charge is -2.12. The summed E-state index contributed by atoms with van der Waals surface area (Å²) in [6.45, 7) is 0. The predicted molar refractivity (Wildman–Crippen MR) is 103 cm³/mol. The van der Waals surface area contributed by atoms with Gasteiger partial charge in [0.2, 0.25) is 0 Å². The Balaban J connectivity index is 1.51. The van der Waals surface area contributed by atoms with Crippen LogP contribution in [0.4, 0.5) is 13.2 Å². The van der Waals surface area contributed by atoms with Crippen LogP contribution in [0.25, 0.3) is 0 Å². The quantitative estimate of drug-likeness (QED) is 0.453. The number of halogens is 3. The Hall–Kier alpha value is -3.01. The molecule has 4 rings (SSSR count). The molecular weight excluding hydrogens is 361 g/mol. The van der Waals surface area contributed by atoms with Crippen LogP contribution in [0.15, 0.2) is 84.7 Å². The van der Waals surface area contributed by atoms with Gasteiger partial charge < -0.3 is 4.74 Å². The average Bonchev–Trinajstić information content (AvgIpc) is 3.46. The molecule has 0 aromatic heterocycles. The Morgan fingerprint density at radius 1 is 0.929 bits per heavy atom. The summed E-state index contributed by atoms with van der Waals surface area (Å²) in [6, 6.07) is 19.5. The second-order valence-corrected chi connectivity index (χ2v) is 7.11. The molecule has 0 N–H and O–H groups in total. The fraction of sp³-hybridized carbons (Fsp3) is 0.167. The van der Waals surface area contributed by atoms with Crippen molar-refractivity contribution in [2.24, 2.45) is 0 Å². The monoisotopic (exact) mass is 380 g/mol. The van der Waals surface area contributed by atoms with E-state index >= 15 is 0 Å². The standard InChI is InChI=1S/C24H19F3O/c25-19-9-7-18(8-10-19)24(12-13-24)16-20(26)14-17-6-11-22(27)23(15-17)28-21-4-2-1-3-5-21/h1-11,15-16H,12-14H2/b20-16+. The Labute approximate surface area is 162 Å². The molecule has 4 heteroatoms. The summed E-state index contributed by atoms with van der Waals surface area (Å²) in [7, 11) is 0. The molecule has 0 bridgehead atoms. The van der Waals surface area contributed by atoms with Gasteiger partial charge in [0.15, 0.2) is 11.6 Å². The highest BCUT2D eigenvalue weighted by Crippen LogP contribution is 2.50. The van der Waals surface area contributed by atoms with Crippen LogP contribution in [0.1, 0.15) is 24.0 Å². The highest BCUT2D eigenvalue weighted by Gasteiger charge is 2.42. The number of hydrogen-bond acceptors (Lipinski definition) is 1. The summed E-state index contributed by atoms with van der Waals surface area (Å²) in [4.78, 5) is 0. The first kappa shape index (κ1) is 18.4. The Bertz CT molecular complexity index is 990. The molecule has 142 valence electrons. The third kappa shape index (κ3) is 4.11. The minimum absolute atomic E-state index is 0.0500. The molecule has 1 aliphatic rings. The summed E-state index contributed by atoms with van der Waals surface area (Å²) >= 11 is 0. The van der Waals surface area contributed by atoms with E-state index in [0.29, 0.717) is 11.3 Å². The Morgan fingerprint density at radius 2 is 1.64 bits per heavy atom. The van der Waals surface area contributed by atoms with Crippen molar-refractivity contribution in [1.82, 2.24) is 0 Å². The number of hydrogen-bond donors (Lipinski definition) is 0. The first-order valence-corrected chi connectivity index (χ1v) is 9.19. The molecule has 0 spiro atoms. The highest BCUT2D eigenvalue weighted by atomic mass is 19.1. The van der Waals surface area contributed by atoms with Crippen LogP contribution in [-0.2, 0) is 11.8 Å². The number of rotatable bonds is 6. The smallest absolute Gasteiger partial charge is 0.165 e. The zero-order valence-corrected chi connectivity index (χ0v) is 15.2. The summed E-state index contributed by atoms with van der Waals surface area (Å²) in [5.41, 5.74) is 1.17. The van der Waals surface area contributed by atoms with Crippen molar-refractivity contribution in [3.05, 3.63) is 107 Å². The van der Waals surface area contributed by atoms with Crippen LogP contribution in [0.5, 0.6) is 11.5 Å². The molecule has 3 aromatic rings. The molecule has 0 aliphatic heterocycles. The van der Waals surface area contributed by atoms with Gasteiger partial charge in [0, 0.05) is 11.8 Å². The first-order chi connectivity index (χ1) is 13.5. The second kappa shape index (κ2) is 7.55. The zero-order chi connectivity index (χ0) is 19.6. The van der Waals surface area contributed by atoms with Gasteiger partial charge in [-0.15, -0.1) is 0 Å². The van der Waals surface area contributed by atoms with Gasteiger partial charge in [-0.1, -0.05) is 36.4 Å². The maximum absolute atomic E-state index is 14.7. The van der Waals surface area contributed by atoms with Gasteiger partial charge in [0.05, 0.1) is 0 Å². The van der Waals surface area contributed by atoms with Gasteiger partial charge in [-0.2, -0.15) is 0 Å². The summed E-state index contributed by atoms with van der Waals surface area (Å²) in [5, 5.41) is 0. The van der Waals surface area contributed by atoms with Crippen LogP contribution in [0.3, 0.4) is 0 Å². The Kier molecular flexibility index (Phi) is 4.95. The molecule has 0 heterocycles. The van der Waals surface area contributed by atoms with Gasteiger partial charge in [-0.25, -0.2) is 13.2 Å². The zero-order valence-electron chi connectivity index (χ0n) is 15.2. The van der Waals surface area contributed by atoms with Gasteiger partial charge in [0.25, 0.3) is 0 Å². The average molecular weight is 380 g/mol. The highest BCUT2D eigenvalue weighted by molar-refractivity contribution is 5.40. The number of para-hydroxylation sites is 1. The van der Waals surface area contributed by atoms with E-state index in [1.54, 1.807) is 48.5 Å². The van der Waals surface area contributed by atoms with Crippen molar-refractivity contribution in [2.45, 2.75) is 24.7 Å². The normalized spacial score (nSPS) is 15.3. The summed E-state index contributed by atoms with van der Waals surface area (Å²) < 4.78 is 47.5. The van der Waals surface area contributed by atoms with Gasteiger partial charge in [-0.3, -0.25) is 0 Å². The van der Waals surface area contributed by atoms with E-state index in [-0.39, 0.29) is 29.2 Å². The molecule has 0 saturated heterocycles. The van der Waals surface area contributed by atoms with Crippen LogP contribution in [0.2, 0.25) is 0 Å². The maximum atomic E-state index is 14.7. The third-order valence-electron chi connectivity index (χ3n) is 4.98. The predicted octanol–water partition coefficient (Wildman–Crippen LogP) is 6.88. The molecule has 28 heavy (non-hydrogen) atoms. The lowest BCUT2D eigenvalue weighted by atomic mass is 9.94. The second-order valence-electron chi connectivity index (χ2n) is 7.11. The number of benzene rings is 3. The molecule has 1 nitrogen and oxygen atoms in total. The van der Waals surface area contributed by atoms with Crippen LogP contribution in [-0.4, -0.2) is 0 Å². The van der Waals surface area contributed by atoms with E-state index < -0.39 is 5.82 Å². The van der Waals surface area contributed by atoms with Crippen LogP contribution >= 0.6 is 0 Å². The maximum Gasteiger partial charge on any atom is 0.165 e. The fourth-order valence-electron chi connectivity index (χ4n) is 3.33. The number of ether oxygens (including phenoxy) is 1. The molecule has 0 amide bonds. The van der Waals surface area contributed by atoms with Crippen molar-refractivity contribution in [1.29, 1.82) is 0 Å². The lowest BCUT2D eigenvalue weighted by Crippen LogP contribution is -2.04. The van der Waals surface area contributed by atoms with Crippen LogP contribution in [0, 0.1) is 11.6 Å². The SMILES string of the molecule is F/C(=C/C1(c2ccc(F)cc2)CC1)Cc1ccc(F)c(Oc2ccccc2)c1. The van der Waals surface area contributed by atoms with Crippen molar-refractivity contribution in [3.8, 4) is 11.5 Å². The Morgan fingerprint density at radius 3 is 2.32 bits per heavy atom. The summed E-state index contributed by atoms with van der Waals surface area (Å²) in [5.74, 6) is -0.513. The minimum Gasteiger partial charge on any atom is -0.454 e. The van der Waals surface area contributed by atoms with Gasteiger partial charge >= 0.3 is 0 Å². The molecule has 0 atom stereocenters. The van der Waals surface area contributed by atoms with E-state index in [1.807, 2.05) is 6.07 Å². The van der Waals surface area contributed by atoms with E-state index in [4.69, 9.17) is 4.74 Å². The minimum atomic E-state index is -0.498. The van der Waals surface area contributed by atoms with E-state index in [1.165, 1.54) is 24.3 Å². The van der Waals surface area contributed by atoms with E-state index in [9.17, 15) is 13.2 Å². The summed E-state index contributed by atoms with van der Waals surface area (Å²) in [6.07, 6.45) is 3.32. The van der Waals surface area contributed by atoms with E-state index in [0.717, 1.165) is 18.4 Å². The molecule has 0 unspecified atom stereocenters. The first-order valence-electron chi connectivity index (χ1n) is 9.19. The molecular formula is C24H19F3O. The van der Waals surface area contributed by atoms with Gasteiger partial charge in [-0.05, 0) is 66.4 Å². The molecule has 3 aromatic carbocycles. The van der Waals surface area contributed by atoms with Crippen molar-refractivity contribution >= 4 is 0 Å². The van der Waals surface area contributed by atoms with Crippen molar-refractivity contribution < 1.29 is 17.9 Å². The number of allylic oxidation sites excluding steroid dienone is 2. The van der Waals surface area contributed by atoms with E-state index in [2.05, 4.69) is 0 Å².